The van der Waals surface area contributed by atoms with Gasteiger partial charge in [0.05, 0.1) is 0 Å². The zero-order valence-corrected chi connectivity index (χ0v) is 13.8. The Morgan fingerprint density at radius 1 is 1.24 bits per heavy atom. The van der Waals surface area contributed by atoms with Gasteiger partial charge in [0.1, 0.15) is 0 Å². The molecular weight excluding hydrogens is 344 g/mol. The Morgan fingerprint density at radius 2 is 1.88 bits per heavy atom. The Morgan fingerprint density at radius 3 is 2.29 bits per heavy atom. The summed E-state index contributed by atoms with van der Waals surface area (Å²) in [5.41, 5.74) is 7.20. The summed E-state index contributed by atoms with van der Waals surface area (Å²) < 4.78 is 2.15. The number of hydrogen-bond acceptors (Lipinski definition) is 2. The zero-order valence-electron chi connectivity index (χ0n) is 10.6. The van der Waals surface area contributed by atoms with E-state index in [0.29, 0.717) is 12.6 Å². The van der Waals surface area contributed by atoms with Gasteiger partial charge in [-0.1, -0.05) is 13.0 Å². The minimum absolute atomic E-state index is 0.282. The molecule has 0 aliphatic rings. The molecule has 0 saturated carbocycles. The fourth-order valence-electron chi connectivity index (χ4n) is 2.13. The second-order valence-electron chi connectivity index (χ2n) is 4.35. The molecule has 0 radical (unpaired) electrons. The van der Waals surface area contributed by atoms with Gasteiger partial charge < -0.3 is 5.73 Å². The van der Waals surface area contributed by atoms with Gasteiger partial charge in [0.2, 0.25) is 0 Å². The highest BCUT2D eigenvalue weighted by Gasteiger charge is 2.20. The molecule has 1 aromatic rings. The standard InChI is InChI=1S/C13H20Br2N2/c1-4-17(9(2)3)13(8-16)10-5-6-11(14)12(15)7-10/h5-7,9,13H,4,8,16H2,1-3H3. The Kier molecular flexibility index (Phi) is 6.13. The second kappa shape index (κ2) is 6.88. The third-order valence-corrected chi connectivity index (χ3v) is 4.86. The fraction of sp³-hybridized carbons (Fsp3) is 0.538. The Labute approximate surface area is 121 Å². The molecule has 2 N–H and O–H groups in total. The highest BCUT2D eigenvalue weighted by atomic mass is 79.9. The Bertz CT molecular complexity index is 366. The van der Waals surface area contributed by atoms with Crippen LogP contribution in [0.25, 0.3) is 0 Å². The quantitative estimate of drug-likeness (QED) is 0.858. The van der Waals surface area contributed by atoms with E-state index in [-0.39, 0.29) is 6.04 Å². The summed E-state index contributed by atoms with van der Waals surface area (Å²) in [5, 5.41) is 0. The summed E-state index contributed by atoms with van der Waals surface area (Å²) in [6.07, 6.45) is 0. The van der Waals surface area contributed by atoms with Gasteiger partial charge in [0.25, 0.3) is 0 Å². The molecule has 0 spiro atoms. The number of rotatable bonds is 5. The number of nitrogens with two attached hydrogens (primary N) is 1. The molecule has 0 aliphatic heterocycles. The summed E-state index contributed by atoms with van der Waals surface area (Å²) in [6, 6.07) is 7.13. The van der Waals surface area contributed by atoms with E-state index in [4.69, 9.17) is 5.73 Å². The van der Waals surface area contributed by atoms with E-state index in [0.717, 1.165) is 15.5 Å². The van der Waals surface area contributed by atoms with Crippen molar-refractivity contribution in [2.24, 2.45) is 5.73 Å². The summed E-state index contributed by atoms with van der Waals surface area (Å²) >= 11 is 7.04. The normalized spacial score (nSPS) is 13.4. The maximum Gasteiger partial charge on any atom is 0.0473 e. The van der Waals surface area contributed by atoms with E-state index in [1.807, 2.05) is 0 Å². The first-order valence-corrected chi connectivity index (χ1v) is 7.50. The first-order valence-electron chi connectivity index (χ1n) is 5.92. The molecule has 1 unspecified atom stereocenters. The van der Waals surface area contributed by atoms with Gasteiger partial charge in [-0.15, -0.1) is 0 Å². The van der Waals surface area contributed by atoms with Crippen LogP contribution in [0.2, 0.25) is 0 Å². The summed E-state index contributed by atoms with van der Waals surface area (Å²) in [7, 11) is 0. The molecule has 2 nitrogen and oxygen atoms in total. The van der Waals surface area contributed by atoms with E-state index < -0.39 is 0 Å². The minimum Gasteiger partial charge on any atom is -0.329 e. The smallest absolute Gasteiger partial charge is 0.0473 e. The third-order valence-electron chi connectivity index (χ3n) is 2.98. The monoisotopic (exact) mass is 362 g/mol. The Balaban J connectivity index is 3.03. The van der Waals surface area contributed by atoms with Crippen molar-refractivity contribution in [1.82, 2.24) is 4.90 Å². The molecule has 0 heterocycles. The molecule has 1 aromatic carbocycles. The first kappa shape index (κ1) is 15.2. The molecule has 1 rings (SSSR count). The zero-order chi connectivity index (χ0) is 13.0. The van der Waals surface area contributed by atoms with E-state index in [1.54, 1.807) is 0 Å². The van der Waals surface area contributed by atoms with Crippen LogP contribution in [0.5, 0.6) is 0 Å². The van der Waals surface area contributed by atoms with Crippen molar-refractivity contribution < 1.29 is 0 Å². The number of hydrogen-bond donors (Lipinski definition) is 1. The van der Waals surface area contributed by atoms with Crippen molar-refractivity contribution in [3.8, 4) is 0 Å². The minimum atomic E-state index is 0.282. The molecule has 4 heteroatoms. The molecule has 17 heavy (non-hydrogen) atoms. The summed E-state index contributed by atoms with van der Waals surface area (Å²) in [5.74, 6) is 0. The van der Waals surface area contributed by atoms with E-state index >= 15 is 0 Å². The van der Waals surface area contributed by atoms with Gasteiger partial charge in [0.15, 0.2) is 0 Å². The third kappa shape index (κ3) is 3.78. The molecule has 0 amide bonds. The first-order chi connectivity index (χ1) is 8.01. The van der Waals surface area contributed by atoms with Crippen molar-refractivity contribution in [2.75, 3.05) is 13.1 Å². The van der Waals surface area contributed by atoms with Crippen LogP contribution >= 0.6 is 31.9 Å². The average Bonchev–Trinajstić information content (AvgIpc) is 2.29. The van der Waals surface area contributed by atoms with Crippen molar-refractivity contribution in [3.63, 3.8) is 0 Å². The van der Waals surface area contributed by atoms with Crippen molar-refractivity contribution in [2.45, 2.75) is 32.9 Å². The number of halogens is 2. The molecular formula is C13H20Br2N2. The molecule has 0 saturated heterocycles. The predicted molar refractivity (Wildman–Crippen MR) is 81.2 cm³/mol. The summed E-state index contributed by atoms with van der Waals surface area (Å²) in [4.78, 5) is 2.41. The van der Waals surface area contributed by atoms with Gasteiger partial charge in [-0.3, -0.25) is 4.90 Å². The lowest BCUT2D eigenvalue weighted by Crippen LogP contribution is -2.38. The maximum atomic E-state index is 5.94. The van der Waals surface area contributed by atoms with E-state index in [1.165, 1.54) is 5.56 Å². The van der Waals surface area contributed by atoms with Crippen LogP contribution in [0.3, 0.4) is 0 Å². The van der Waals surface area contributed by atoms with Crippen LogP contribution in [-0.4, -0.2) is 24.0 Å². The van der Waals surface area contributed by atoms with Gasteiger partial charge in [0, 0.05) is 27.6 Å². The number of benzene rings is 1. The van der Waals surface area contributed by atoms with Crippen molar-refractivity contribution in [1.29, 1.82) is 0 Å². The fourth-order valence-corrected chi connectivity index (χ4v) is 2.77. The van der Waals surface area contributed by atoms with E-state index in [9.17, 15) is 0 Å². The maximum absolute atomic E-state index is 5.94. The number of likely N-dealkylation sites (N-methyl/N-ethyl adjacent to an activating group) is 1. The van der Waals surface area contributed by atoms with Gasteiger partial charge in [-0.2, -0.15) is 0 Å². The number of nitrogens with zero attached hydrogens (tertiary/aromatic N) is 1. The topological polar surface area (TPSA) is 29.3 Å². The van der Waals surface area contributed by atoms with Crippen LogP contribution < -0.4 is 5.73 Å². The predicted octanol–water partition coefficient (Wildman–Crippen LogP) is 3.94. The molecule has 1 atom stereocenters. The average molecular weight is 364 g/mol. The SMILES string of the molecule is CCN(C(C)C)C(CN)c1ccc(Br)c(Br)c1. The Hall–Kier alpha value is 0.1000. The van der Waals surface area contributed by atoms with Crippen LogP contribution in [0, 0.1) is 0 Å². The van der Waals surface area contributed by atoms with Gasteiger partial charge in [-0.05, 0) is 69.9 Å². The van der Waals surface area contributed by atoms with Crippen LogP contribution in [0.1, 0.15) is 32.4 Å². The molecule has 0 aliphatic carbocycles. The summed E-state index contributed by atoms with van der Waals surface area (Å²) in [6.45, 7) is 8.24. The van der Waals surface area contributed by atoms with Crippen LogP contribution in [0.4, 0.5) is 0 Å². The largest absolute Gasteiger partial charge is 0.329 e. The van der Waals surface area contributed by atoms with Crippen LogP contribution in [0.15, 0.2) is 27.1 Å². The van der Waals surface area contributed by atoms with Crippen molar-refractivity contribution in [3.05, 3.63) is 32.7 Å². The lowest BCUT2D eigenvalue weighted by molar-refractivity contribution is 0.166. The lowest BCUT2D eigenvalue weighted by Gasteiger charge is -2.33. The van der Waals surface area contributed by atoms with Crippen LogP contribution in [-0.2, 0) is 0 Å². The van der Waals surface area contributed by atoms with E-state index in [2.05, 4.69) is 75.7 Å². The van der Waals surface area contributed by atoms with Gasteiger partial charge in [-0.25, -0.2) is 0 Å². The lowest BCUT2D eigenvalue weighted by atomic mass is 10.0. The van der Waals surface area contributed by atoms with Gasteiger partial charge >= 0.3 is 0 Å². The molecule has 0 aromatic heterocycles. The highest BCUT2D eigenvalue weighted by Crippen LogP contribution is 2.29. The second-order valence-corrected chi connectivity index (χ2v) is 6.06. The highest BCUT2D eigenvalue weighted by molar-refractivity contribution is 9.13. The molecule has 96 valence electrons. The molecule has 0 fully saturated rings. The van der Waals surface area contributed by atoms with Crippen molar-refractivity contribution >= 4 is 31.9 Å². The molecule has 0 bridgehead atoms.